The van der Waals surface area contributed by atoms with Crippen molar-refractivity contribution in [3.05, 3.63) is 28.2 Å². The Kier molecular flexibility index (Phi) is 5.69. The summed E-state index contributed by atoms with van der Waals surface area (Å²) >= 11 is 13.1. The van der Waals surface area contributed by atoms with Gasteiger partial charge in [-0.3, -0.25) is 14.6 Å². The van der Waals surface area contributed by atoms with Crippen LogP contribution in [0.25, 0.3) is 0 Å². The molecule has 1 aliphatic heterocycles. The third-order valence-corrected chi connectivity index (χ3v) is 5.81. The van der Waals surface area contributed by atoms with Crippen LogP contribution in [0, 0.1) is 0 Å². The van der Waals surface area contributed by atoms with E-state index in [-0.39, 0.29) is 18.2 Å². The van der Waals surface area contributed by atoms with E-state index in [4.69, 9.17) is 23.2 Å². The van der Waals surface area contributed by atoms with Crippen molar-refractivity contribution < 1.29 is 9.59 Å². The maximum absolute atomic E-state index is 12.1. The Hall–Kier alpha value is -1.24. The molecule has 3 rings (SSSR count). The lowest BCUT2D eigenvalue weighted by Crippen LogP contribution is -2.28. The van der Waals surface area contributed by atoms with Crippen LogP contribution in [-0.4, -0.2) is 28.3 Å². The standard InChI is InChI=1S/C16H17Cl2N3O2S/c17-11-6-5-10(7-12(11)18)19-14(22)8-13-15(23)21-16(24-13)20-9-3-1-2-4-9/h5-7,9,13H,1-4,8H2,(H,19,22)(H,20,21,23)/t13-/m0/s1. The normalized spacial score (nSPS) is 22.8. The molecule has 5 nitrogen and oxygen atoms in total. The molecule has 1 saturated carbocycles. The first kappa shape index (κ1) is 17.6. The predicted octanol–water partition coefficient (Wildman–Crippen LogP) is 3.85. The van der Waals surface area contributed by atoms with Crippen LogP contribution < -0.4 is 10.6 Å². The zero-order valence-corrected chi connectivity index (χ0v) is 15.2. The highest BCUT2D eigenvalue weighted by Crippen LogP contribution is 2.28. The van der Waals surface area contributed by atoms with Gasteiger partial charge in [0.2, 0.25) is 11.8 Å². The molecule has 24 heavy (non-hydrogen) atoms. The van der Waals surface area contributed by atoms with E-state index in [2.05, 4.69) is 15.6 Å². The third kappa shape index (κ3) is 4.43. The van der Waals surface area contributed by atoms with E-state index in [9.17, 15) is 9.59 Å². The molecular formula is C16H17Cl2N3O2S. The van der Waals surface area contributed by atoms with Crippen molar-refractivity contribution in [2.45, 2.75) is 43.4 Å². The Bertz CT molecular complexity index is 690. The summed E-state index contributed by atoms with van der Waals surface area (Å²) in [6, 6.07) is 5.16. The molecule has 1 atom stereocenters. The van der Waals surface area contributed by atoms with Crippen LogP contribution in [0.4, 0.5) is 5.69 Å². The summed E-state index contributed by atoms with van der Waals surface area (Å²) in [7, 11) is 0. The Labute approximate surface area is 154 Å². The molecule has 0 unspecified atom stereocenters. The van der Waals surface area contributed by atoms with Gasteiger partial charge in [0.1, 0.15) is 5.25 Å². The second-order valence-corrected chi connectivity index (χ2v) is 7.86. The highest BCUT2D eigenvalue weighted by Gasteiger charge is 2.32. The van der Waals surface area contributed by atoms with E-state index in [1.54, 1.807) is 18.2 Å². The summed E-state index contributed by atoms with van der Waals surface area (Å²) < 4.78 is 0. The van der Waals surface area contributed by atoms with Crippen LogP contribution in [0.15, 0.2) is 23.2 Å². The number of thioether (sulfide) groups is 1. The van der Waals surface area contributed by atoms with Crippen LogP contribution in [0.3, 0.4) is 0 Å². The van der Waals surface area contributed by atoms with Gasteiger partial charge in [-0.2, -0.15) is 0 Å². The second-order valence-electron chi connectivity index (χ2n) is 5.85. The molecule has 1 aromatic carbocycles. The molecule has 0 bridgehead atoms. The average molecular weight is 386 g/mol. The molecule has 0 spiro atoms. The molecule has 2 amide bonds. The van der Waals surface area contributed by atoms with Crippen molar-refractivity contribution in [2.75, 3.05) is 5.32 Å². The second kappa shape index (κ2) is 7.76. The number of aliphatic imine (C=N–C) groups is 1. The number of anilines is 1. The van der Waals surface area contributed by atoms with Crippen LogP contribution in [-0.2, 0) is 9.59 Å². The number of halogens is 2. The van der Waals surface area contributed by atoms with Crippen molar-refractivity contribution in [2.24, 2.45) is 4.99 Å². The van der Waals surface area contributed by atoms with Crippen LogP contribution in [0.2, 0.25) is 10.0 Å². The van der Waals surface area contributed by atoms with Crippen molar-refractivity contribution in [1.29, 1.82) is 0 Å². The minimum Gasteiger partial charge on any atom is -0.326 e. The Morgan fingerprint density at radius 3 is 2.75 bits per heavy atom. The van der Waals surface area contributed by atoms with Gasteiger partial charge in [0.05, 0.1) is 16.1 Å². The molecule has 2 fully saturated rings. The molecule has 1 saturated heterocycles. The molecule has 128 valence electrons. The summed E-state index contributed by atoms with van der Waals surface area (Å²) in [4.78, 5) is 28.7. The van der Waals surface area contributed by atoms with Gasteiger partial charge in [-0.05, 0) is 31.0 Å². The van der Waals surface area contributed by atoms with Crippen molar-refractivity contribution in [1.82, 2.24) is 5.32 Å². The first-order chi connectivity index (χ1) is 11.5. The zero-order chi connectivity index (χ0) is 17.1. The minimum atomic E-state index is -0.451. The molecule has 2 N–H and O–H groups in total. The molecule has 1 aromatic rings. The van der Waals surface area contributed by atoms with Gasteiger partial charge < -0.3 is 10.6 Å². The van der Waals surface area contributed by atoms with Crippen molar-refractivity contribution >= 4 is 57.6 Å². The summed E-state index contributed by atoms with van der Waals surface area (Å²) in [6.45, 7) is 0. The Balaban J connectivity index is 1.56. The van der Waals surface area contributed by atoms with Gasteiger partial charge in [-0.15, -0.1) is 0 Å². The fourth-order valence-corrected chi connectivity index (χ4v) is 4.09. The van der Waals surface area contributed by atoms with Gasteiger partial charge >= 0.3 is 0 Å². The van der Waals surface area contributed by atoms with E-state index in [0.29, 0.717) is 26.9 Å². The summed E-state index contributed by atoms with van der Waals surface area (Å²) in [6.07, 6.45) is 4.61. The Morgan fingerprint density at radius 1 is 1.29 bits per heavy atom. The smallest absolute Gasteiger partial charge is 0.240 e. The highest BCUT2D eigenvalue weighted by molar-refractivity contribution is 8.15. The van der Waals surface area contributed by atoms with Crippen LogP contribution >= 0.6 is 35.0 Å². The molecule has 2 aliphatic rings. The average Bonchev–Trinajstić information content (AvgIpc) is 3.14. The van der Waals surface area contributed by atoms with E-state index in [1.165, 1.54) is 24.6 Å². The number of hydrogen-bond donors (Lipinski definition) is 2. The predicted molar refractivity (Wildman–Crippen MR) is 98.9 cm³/mol. The fourth-order valence-electron chi connectivity index (χ4n) is 2.75. The number of carbonyl (C=O) groups excluding carboxylic acids is 2. The van der Waals surface area contributed by atoms with Crippen LogP contribution in [0.5, 0.6) is 0 Å². The number of rotatable bonds is 4. The zero-order valence-electron chi connectivity index (χ0n) is 12.9. The van der Waals surface area contributed by atoms with Gasteiger partial charge in [-0.1, -0.05) is 47.8 Å². The maximum atomic E-state index is 12.1. The topological polar surface area (TPSA) is 70.6 Å². The number of carbonyl (C=O) groups is 2. The number of amides is 2. The SMILES string of the molecule is O=C(C[C@@H]1SC(=NC2CCCC2)NC1=O)Nc1ccc(Cl)c(Cl)c1. The largest absolute Gasteiger partial charge is 0.326 e. The molecule has 0 aromatic heterocycles. The molecule has 8 heteroatoms. The number of amidine groups is 1. The highest BCUT2D eigenvalue weighted by atomic mass is 35.5. The van der Waals surface area contributed by atoms with Crippen LogP contribution in [0.1, 0.15) is 32.1 Å². The number of nitrogens with zero attached hydrogens (tertiary/aromatic N) is 1. The quantitative estimate of drug-likeness (QED) is 0.826. The number of benzene rings is 1. The first-order valence-electron chi connectivity index (χ1n) is 7.81. The summed E-state index contributed by atoms with van der Waals surface area (Å²) in [5.41, 5.74) is 0.553. The van der Waals surface area contributed by atoms with Gasteiger partial charge in [0, 0.05) is 12.1 Å². The number of nitrogens with one attached hydrogen (secondary N) is 2. The lowest BCUT2D eigenvalue weighted by Gasteiger charge is -2.08. The monoisotopic (exact) mass is 385 g/mol. The molecular weight excluding hydrogens is 369 g/mol. The lowest BCUT2D eigenvalue weighted by molar-refractivity contribution is -0.122. The summed E-state index contributed by atoms with van der Waals surface area (Å²) in [5.74, 6) is -0.413. The van der Waals surface area contributed by atoms with E-state index >= 15 is 0 Å². The van der Waals surface area contributed by atoms with Crippen molar-refractivity contribution in [3.63, 3.8) is 0 Å². The Morgan fingerprint density at radius 2 is 2.04 bits per heavy atom. The number of hydrogen-bond acceptors (Lipinski definition) is 4. The maximum Gasteiger partial charge on any atom is 0.240 e. The van der Waals surface area contributed by atoms with Gasteiger partial charge in [0.15, 0.2) is 5.17 Å². The van der Waals surface area contributed by atoms with Gasteiger partial charge in [0.25, 0.3) is 0 Å². The minimum absolute atomic E-state index is 0.0838. The molecule has 1 aliphatic carbocycles. The first-order valence-corrected chi connectivity index (χ1v) is 9.45. The lowest BCUT2D eigenvalue weighted by atomic mass is 10.2. The van der Waals surface area contributed by atoms with E-state index < -0.39 is 5.25 Å². The molecule has 0 radical (unpaired) electrons. The third-order valence-electron chi connectivity index (χ3n) is 3.98. The van der Waals surface area contributed by atoms with Crippen molar-refractivity contribution in [3.8, 4) is 0 Å². The van der Waals surface area contributed by atoms with E-state index in [0.717, 1.165) is 12.8 Å². The van der Waals surface area contributed by atoms with E-state index in [1.807, 2.05) is 0 Å². The summed E-state index contributed by atoms with van der Waals surface area (Å²) in [5, 5.41) is 6.48. The fraction of sp³-hybridized carbons (Fsp3) is 0.438. The molecule has 1 heterocycles. The van der Waals surface area contributed by atoms with Gasteiger partial charge in [-0.25, -0.2) is 0 Å².